The van der Waals surface area contributed by atoms with E-state index in [-0.39, 0.29) is 37.6 Å². The number of imide groups is 1. The summed E-state index contributed by atoms with van der Waals surface area (Å²) in [5, 5.41) is 0. The maximum absolute atomic E-state index is 14.6. The lowest BCUT2D eigenvalue weighted by atomic mass is 9.93. The molecule has 0 N–H and O–H groups in total. The molecule has 0 spiro atoms. The number of benzene rings is 5. The van der Waals surface area contributed by atoms with Gasteiger partial charge in [0.05, 0.1) is 44.7 Å². The molecule has 2 amide bonds. The van der Waals surface area contributed by atoms with Crippen molar-refractivity contribution in [1.29, 1.82) is 0 Å². The number of carbonyl (C=O) groups is 5. The van der Waals surface area contributed by atoms with Gasteiger partial charge >= 0.3 is 17.9 Å². The minimum Gasteiger partial charge on any atom is -0.497 e. The minimum absolute atomic E-state index is 0.0185. The van der Waals surface area contributed by atoms with Gasteiger partial charge < -0.3 is 52.1 Å². The maximum atomic E-state index is 14.6. The number of hydrogen-bond donors (Lipinski definition) is 0. The van der Waals surface area contributed by atoms with Crippen LogP contribution in [0.15, 0.2) is 140 Å². The molecule has 0 aliphatic carbocycles. The van der Waals surface area contributed by atoms with Gasteiger partial charge in [-0.1, -0.05) is 103 Å². The molecule has 5 aromatic rings. The number of ether oxygens (including phenoxy) is 11. The first kappa shape index (κ1) is 50.4. The zero-order chi connectivity index (χ0) is 49.9. The van der Waals surface area contributed by atoms with Gasteiger partial charge in [0, 0.05) is 20.8 Å². The number of fused-ring (bicyclic) bond motifs is 1. The average Bonchev–Trinajstić information content (AvgIpc) is 3.62. The second-order valence-corrected chi connectivity index (χ2v) is 17.0. The quantitative estimate of drug-likeness (QED) is 0.0474. The van der Waals surface area contributed by atoms with Crippen molar-refractivity contribution >= 4 is 29.7 Å². The highest BCUT2D eigenvalue weighted by molar-refractivity contribution is 6.21. The summed E-state index contributed by atoms with van der Waals surface area (Å²) in [6, 6.07) is 39.8. The molecule has 71 heavy (non-hydrogen) atoms. The monoisotopic (exact) mass is 973 g/mol. The van der Waals surface area contributed by atoms with Crippen molar-refractivity contribution in [2.24, 2.45) is 0 Å². The topological polar surface area (TPSA) is 190 Å². The van der Waals surface area contributed by atoms with Gasteiger partial charge in [-0.2, -0.15) is 0 Å². The van der Waals surface area contributed by atoms with E-state index >= 15 is 0 Å². The van der Waals surface area contributed by atoms with Gasteiger partial charge in [-0.3, -0.25) is 28.9 Å². The Labute approximate surface area is 410 Å². The fraction of sp³-hybridized carbons (Fsp3) is 0.352. The van der Waals surface area contributed by atoms with Gasteiger partial charge in [0.1, 0.15) is 48.6 Å². The van der Waals surface area contributed by atoms with Crippen LogP contribution in [0, 0.1) is 0 Å². The van der Waals surface area contributed by atoms with E-state index in [0.717, 1.165) is 35.4 Å². The number of esters is 3. The molecule has 17 nitrogen and oxygen atoms in total. The Bertz CT molecular complexity index is 2550. The third-order valence-corrected chi connectivity index (χ3v) is 12.0. The van der Waals surface area contributed by atoms with Crippen molar-refractivity contribution in [3.8, 4) is 11.5 Å². The first-order valence-corrected chi connectivity index (χ1v) is 23.1. The Balaban J connectivity index is 1.26. The zero-order valence-corrected chi connectivity index (χ0v) is 39.6. The van der Waals surface area contributed by atoms with Crippen LogP contribution >= 0.6 is 0 Å². The molecule has 2 saturated heterocycles. The Morgan fingerprint density at radius 1 is 0.507 bits per heavy atom. The molecule has 0 aromatic heterocycles. The highest BCUT2D eigenvalue weighted by Gasteiger charge is 2.60. The van der Waals surface area contributed by atoms with Gasteiger partial charge in [-0.25, -0.2) is 0 Å². The fourth-order valence-electron chi connectivity index (χ4n) is 8.73. The number of methoxy groups -OCH3 is 1. The number of rotatable bonds is 20. The third-order valence-electron chi connectivity index (χ3n) is 12.0. The molecule has 0 bridgehead atoms. The summed E-state index contributed by atoms with van der Waals surface area (Å²) in [5.41, 5.74) is 2.66. The van der Waals surface area contributed by atoms with Crippen LogP contribution in [0.5, 0.6) is 11.5 Å². The molecule has 10 unspecified atom stereocenters. The summed E-state index contributed by atoms with van der Waals surface area (Å²) in [6.45, 7) is 3.20. The molecular formula is C54H55NO16. The van der Waals surface area contributed by atoms with Crippen LogP contribution in [-0.4, -0.2) is 116 Å². The van der Waals surface area contributed by atoms with Crippen molar-refractivity contribution in [1.82, 2.24) is 4.90 Å². The molecular weight excluding hydrogens is 919 g/mol. The van der Waals surface area contributed by atoms with Crippen molar-refractivity contribution in [3.05, 3.63) is 167 Å². The predicted molar refractivity (Wildman–Crippen MR) is 250 cm³/mol. The number of amides is 2. The molecule has 0 radical (unpaired) electrons. The standard InChI is InChI=1S/C54H55NO16/c1-33(56)63-32-44-47(66-34(2)57)48(67-35(3)58)45(55-51(59)41-22-14-15-23-42(41)52(55)60)53(69-44)71-50-49(65-30-38-20-12-7-13-21-38)46(64-29-37-18-10-6-11-19-37)43(31-62-28-36-16-8-5-9-17-36)70-54(50)68-40-26-24-39(61-4)25-27-40/h5-27,43-50,53-54H,28-32H2,1-4H3. The maximum Gasteiger partial charge on any atom is 0.303 e. The molecule has 3 aliphatic rings. The van der Waals surface area contributed by atoms with Crippen molar-refractivity contribution in [3.63, 3.8) is 0 Å². The lowest BCUT2D eigenvalue weighted by molar-refractivity contribution is -0.357. The van der Waals surface area contributed by atoms with E-state index in [0.29, 0.717) is 11.5 Å². The van der Waals surface area contributed by atoms with Gasteiger partial charge in [-0.15, -0.1) is 0 Å². The van der Waals surface area contributed by atoms with Gasteiger partial charge in [-0.05, 0) is 53.1 Å². The van der Waals surface area contributed by atoms with E-state index in [4.69, 9.17) is 52.1 Å². The summed E-state index contributed by atoms with van der Waals surface area (Å²) in [6.07, 6.45) is -12.2. The molecule has 372 valence electrons. The molecule has 17 heteroatoms. The van der Waals surface area contributed by atoms with Crippen LogP contribution in [0.1, 0.15) is 58.2 Å². The minimum atomic E-state index is -1.77. The van der Waals surface area contributed by atoms with Crippen LogP contribution in [0.2, 0.25) is 0 Å². The van der Waals surface area contributed by atoms with Gasteiger partial charge in [0.25, 0.3) is 11.8 Å². The van der Waals surface area contributed by atoms with Crippen LogP contribution < -0.4 is 9.47 Å². The van der Waals surface area contributed by atoms with E-state index < -0.39 is 97.7 Å². The highest BCUT2D eigenvalue weighted by Crippen LogP contribution is 2.39. The highest BCUT2D eigenvalue weighted by atomic mass is 16.8. The first-order chi connectivity index (χ1) is 34.5. The Hall–Kier alpha value is -6.99. The van der Waals surface area contributed by atoms with Gasteiger partial charge in [0.15, 0.2) is 24.6 Å². The van der Waals surface area contributed by atoms with Crippen LogP contribution in [-0.2, 0) is 76.8 Å². The largest absolute Gasteiger partial charge is 0.497 e. The third kappa shape index (κ3) is 12.5. The fourth-order valence-corrected chi connectivity index (χ4v) is 8.73. The summed E-state index contributed by atoms with van der Waals surface area (Å²) >= 11 is 0. The van der Waals surface area contributed by atoms with Crippen LogP contribution in [0.4, 0.5) is 0 Å². The molecule has 3 heterocycles. The zero-order valence-electron chi connectivity index (χ0n) is 39.6. The second-order valence-electron chi connectivity index (χ2n) is 17.0. The van der Waals surface area contributed by atoms with Gasteiger partial charge in [0.2, 0.25) is 6.29 Å². The number of hydrogen-bond acceptors (Lipinski definition) is 16. The average molecular weight is 974 g/mol. The molecule has 2 fully saturated rings. The van der Waals surface area contributed by atoms with E-state index in [1.807, 2.05) is 91.0 Å². The molecule has 3 aliphatic heterocycles. The molecule has 8 rings (SSSR count). The Morgan fingerprint density at radius 2 is 0.986 bits per heavy atom. The summed E-state index contributed by atoms with van der Waals surface area (Å²) < 4.78 is 70.1. The lowest BCUT2D eigenvalue weighted by Gasteiger charge is -2.50. The van der Waals surface area contributed by atoms with Crippen LogP contribution in [0.25, 0.3) is 0 Å². The predicted octanol–water partition coefficient (Wildman–Crippen LogP) is 6.39. The lowest BCUT2D eigenvalue weighted by Crippen LogP contribution is -2.70. The van der Waals surface area contributed by atoms with E-state index in [9.17, 15) is 24.0 Å². The smallest absolute Gasteiger partial charge is 0.303 e. The normalized spacial score (nSPS) is 24.9. The second kappa shape index (κ2) is 23.7. The summed E-state index contributed by atoms with van der Waals surface area (Å²) in [5.74, 6) is -3.07. The van der Waals surface area contributed by atoms with E-state index in [1.54, 1.807) is 36.4 Å². The van der Waals surface area contributed by atoms with Crippen molar-refractivity contribution in [2.75, 3.05) is 20.3 Å². The summed E-state index contributed by atoms with van der Waals surface area (Å²) in [4.78, 5) is 68.3. The summed E-state index contributed by atoms with van der Waals surface area (Å²) in [7, 11) is 1.53. The van der Waals surface area contributed by atoms with Crippen molar-refractivity contribution in [2.45, 2.75) is 102 Å². The first-order valence-electron chi connectivity index (χ1n) is 23.1. The Kier molecular flexibility index (Phi) is 16.9. The van der Waals surface area contributed by atoms with Crippen LogP contribution in [0.3, 0.4) is 0 Å². The molecule has 0 saturated carbocycles. The number of nitrogens with zero attached hydrogens (tertiary/aromatic N) is 1. The van der Waals surface area contributed by atoms with E-state index in [1.165, 1.54) is 26.2 Å². The molecule has 5 aromatic carbocycles. The SMILES string of the molecule is COc1ccc(OC2OC(COCc3ccccc3)C(OCc3ccccc3)C(OCc3ccccc3)C2OC2OC(COC(C)=O)C(OC(C)=O)C(OC(C)=O)C2N2C(=O)c3ccccc3C2=O)cc1. The van der Waals surface area contributed by atoms with E-state index in [2.05, 4.69) is 0 Å². The van der Waals surface area contributed by atoms with Crippen molar-refractivity contribution < 1.29 is 76.1 Å². The Morgan fingerprint density at radius 3 is 1.52 bits per heavy atom. The number of carbonyl (C=O) groups excluding carboxylic acids is 5. The molecule has 10 atom stereocenters.